The summed E-state index contributed by atoms with van der Waals surface area (Å²) in [6, 6.07) is 0.389. The van der Waals surface area contributed by atoms with Crippen molar-refractivity contribution in [2.24, 2.45) is 10.9 Å². The molecule has 23 heavy (non-hydrogen) atoms. The quantitative estimate of drug-likeness (QED) is 0.612. The maximum Gasteiger partial charge on any atom is 0.224 e. The van der Waals surface area contributed by atoms with Gasteiger partial charge in [0.05, 0.1) is 6.61 Å². The molecule has 2 rings (SSSR count). The van der Waals surface area contributed by atoms with Crippen LogP contribution in [0, 0.1) is 5.92 Å². The monoisotopic (exact) mass is 324 g/mol. The fourth-order valence-corrected chi connectivity index (χ4v) is 3.48. The molecule has 2 heterocycles. The number of likely N-dealkylation sites (tertiary alicyclic amines) is 1. The molecule has 2 saturated heterocycles. The smallest absolute Gasteiger partial charge is 0.224 e. The molecule has 0 bridgehead atoms. The first-order valence-corrected chi connectivity index (χ1v) is 8.90. The van der Waals surface area contributed by atoms with Crippen molar-refractivity contribution in [2.45, 2.75) is 45.1 Å². The highest BCUT2D eigenvalue weighted by molar-refractivity contribution is 5.81. The van der Waals surface area contributed by atoms with Crippen molar-refractivity contribution in [1.29, 1.82) is 0 Å². The Morgan fingerprint density at radius 3 is 2.87 bits per heavy atom. The largest absolute Gasteiger partial charge is 0.381 e. The van der Waals surface area contributed by atoms with Crippen LogP contribution in [0.5, 0.6) is 0 Å². The lowest BCUT2D eigenvalue weighted by Gasteiger charge is -2.33. The number of carbonyl (C=O) groups is 1. The minimum atomic E-state index is 0.256. The highest BCUT2D eigenvalue weighted by Gasteiger charge is 2.23. The van der Waals surface area contributed by atoms with Gasteiger partial charge in [0.15, 0.2) is 5.96 Å². The Morgan fingerprint density at radius 1 is 1.39 bits per heavy atom. The summed E-state index contributed by atoms with van der Waals surface area (Å²) in [7, 11) is 3.83. The lowest BCUT2D eigenvalue weighted by Crippen LogP contribution is -2.45. The van der Waals surface area contributed by atoms with Crippen molar-refractivity contribution in [3.05, 3.63) is 0 Å². The summed E-state index contributed by atoms with van der Waals surface area (Å²) in [5, 5.41) is 3.32. The van der Waals surface area contributed by atoms with E-state index in [9.17, 15) is 4.79 Å². The molecule has 2 unspecified atom stereocenters. The predicted octanol–water partition coefficient (Wildman–Crippen LogP) is 1.32. The summed E-state index contributed by atoms with van der Waals surface area (Å²) < 4.78 is 5.42. The summed E-state index contributed by atoms with van der Waals surface area (Å²) in [4.78, 5) is 20.8. The van der Waals surface area contributed by atoms with E-state index >= 15 is 0 Å². The topological polar surface area (TPSA) is 57.2 Å². The molecule has 0 aromatic rings. The molecule has 1 N–H and O–H groups in total. The minimum absolute atomic E-state index is 0.256. The highest BCUT2D eigenvalue weighted by atomic mass is 16.5. The van der Waals surface area contributed by atoms with Crippen molar-refractivity contribution < 1.29 is 9.53 Å². The van der Waals surface area contributed by atoms with Gasteiger partial charge in [-0.1, -0.05) is 0 Å². The number of carbonyl (C=O) groups excluding carboxylic acids is 1. The number of guanidine groups is 1. The molecule has 2 aliphatic heterocycles. The number of piperidine rings is 1. The molecule has 0 saturated carbocycles. The van der Waals surface area contributed by atoms with E-state index in [1.807, 2.05) is 11.9 Å². The molecule has 2 fully saturated rings. The number of aliphatic imine (C=N–C) groups is 1. The van der Waals surface area contributed by atoms with Crippen LogP contribution in [0.1, 0.15) is 39.0 Å². The molecule has 132 valence electrons. The van der Waals surface area contributed by atoms with Crippen LogP contribution in [0.2, 0.25) is 0 Å². The van der Waals surface area contributed by atoms with Crippen LogP contribution in [-0.4, -0.2) is 74.7 Å². The Morgan fingerprint density at radius 2 is 2.22 bits per heavy atom. The van der Waals surface area contributed by atoms with Gasteiger partial charge in [-0.3, -0.25) is 9.79 Å². The molecule has 0 aromatic heterocycles. The zero-order valence-electron chi connectivity index (χ0n) is 14.9. The molecular weight excluding hydrogens is 292 g/mol. The predicted molar refractivity (Wildman–Crippen MR) is 92.6 cm³/mol. The molecule has 0 spiro atoms. The first-order valence-electron chi connectivity index (χ1n) is 8.90. The Balaban J connectivity index is 1.71. The van der Waals surface area contributed by atoms with Gasteiger partial charge in [0.2, 0.25) is 5.91 Å². The van der Waals surface area contributed by atoms with E-state index in [0.29, 0.717) is 24.9 Å². The molecule has 0 radical (unpaired) electrons. The van der Waals surface area contributed by atoms with E-state index in [2.05, 4.69) is 22.1 Å². The summed E-state index contributed by atoms with van der Waals surface area (Å²) in [6.07, 6.45) is 5.16. The minimum Gasteiger partial charge on any atom is -0.381 e. The Bertz CT molecular complexity index is 407. The summed E-state index contributed by atoms with van der Waals surface area (Å²) in [6.45, 7) is 6.36. The van der Waals surface area contributed by atoms with Crippen molar-refractivity contribution in [1.82, 2.24) is 15.1 Å². The highest BCUT2D eigenvalue weighted by Crippen LogP contribution is 2.17. The van der Waals surface area contributed by atoms with Crippen molar-refractivity contribution in [3.63, 3.8) is 0 Å². The van der Waals surface area contributed by atoms with Crippen LogP contribution in [0.15, 0.2) is 4.99 Å². The maximum atomic E-state index is 12.3. The van der Waals surface area contributed by atoms with Crippen molar-refractivity contribution in [3.8, 4) is 0 Å². The van der Waals surface area contributed by atoms with Crippen molar-refractivity contribution in [2.75, 3.05) is 46.9 Å². The summed E-state index contributed by atoms with van der Waals surface area (Å²) in [5.41, 5.74) is 0. The van der Waals surface area contributed by atoms with Crippen molar-refractivity contribution >= 4 is 11.9 Å². The third-order valence-electron chi connectivity index (χ3n) is 4.87. The lowest BCUT2D eigenvalue weighted by atomic mass is 10.0. The first-order chi connectivity index (χ1) is 11.1. The number of amides is 1. The third kappa shape index (κ3) is 5.37. The molecule has 6 nitrogen and oxygen atoms in total. The van der Waals surface area contributed by atoms with Gasteiger partial charge in [0.1, 0.15) is 0 Å². The van der Waals surface area contributed by atoms with Gasteiger partial charge in [0.25, 0.3) is 0 Å². The average molecular weight is 324 g/mol. The van der Waals surface area contributed by atoms with E-state index in [4.69, 9.17) is 4.74 Å². The average Bonchev–Trinajstić information content (AvgIpc) is 3.04. The lowest BCUT2D eigenvalue weighted by molar-refractivity contribution is -0.134. The van der Waals surface area contributed by atoms with E-state index in [1.165, 1.54) is 6.42 Å². The van der Waals surface area contributed by atoms with Gasteiger partial charge in [-0.05, 0) is 32.6 Å². The number of nitrogens with zero attached hydrogens (tertiary/aromatic N) is 3. The molecule has 1 amide bonds. The van der Waals surface area contributed by atoms with E-state index < -0.39 is 0 Å². The van der Waals surface area contributed by atoms with Crippen LogP contribution < -0.4 is 5.32 Å². The molecule has 2 atom stereocenters. The Kier molecular flexibility index (Phi) is 7.15. The molecular formula is C17H32N4O2. The Labute approximate surface area is 140 Å². The normalized spacial score (nSPS) is 25.5. The zero-order valence-corrected chi connectivity index (χ0v) is 14.9. The second-order valence-corrected chi connectivity index (χ2v) is 6.77. The van der Waals surface area contributed by atoms with E-state index in [1.54, 1.807) is 7.05 Å². The van der Waals surface area contributed by atoms with E-state index in [0.717, 1.165) is 51.5 Å². The van der Waals surface area contributed by atoms with Gasteiger partial charge in [-0.15, -0.1) is 0 Å². The maximum absolute atomic E-state index is 12.3. The first kappa shape index (κ1) is 18.0. The second kappa shape index (κ2) is 9.11. The summed E-state index contributed by atoms with van der Waals surface area (Å²) in [5.74, 6) is 1.69. The second-order valence-electron chi connectivity index (χ2n) is 6.77. The van der Waals surface area contributed by atoms with Gasteiger partial charge in [-0.25, -0.2) is 0 Å². The molecule has 0 aliphatic carbocycles. The number of nitrogens with one attached hydrogen (secondary N) is 1. The van der Waals surface area contributed by atoms with Crippen LogP contribution >= 0.6 is 0 Å². The molecule has 2 aliphatic rings. The third-order valence-corrected chi connectivity index (χ3v) is 4.87. The van der Waals surface area contributed by atoms with Crippen LogP contribution in [0.3, 0.4) is 0 Å². The van der Waals surface area contributed by atoms with Crippen LogP contribution in [-0.2, 0) is 9.53 Å². The number of hydrogen-bond donors (Lipinski definition) is 1. The van der Waals surface area contributed by atoms with Gasteiger partial charge >= 0.3 is 0 Å². The molecule has 0 aromatic carbocycles. The van der Waals surface area contributed by atoms with Gasteiger partial charge in [-0.2, -0.15) is 0 Å². The standard InChI is InChI=1S/C17H32N4O2/c1-14-6-4-5-10-21(14)16(22)7-9-19-17(18-2)20(3)12-15-8-11-23-13-15/h14-15H,4-13H2,1-3H3,(H,18,19). The number of hydrogen-bond acceptors (Lipinski definition) is 3. The van der Waals surface area contributed by atoms with Gasteiger partial charge < -0.3 is 19.9 Å². The van der Waals surface area contributed by atoms with Gasteiger partial charge in [0, 0.05) is 58.7 Å². The molecule has 6 heteroatoms. The zero-order chi connectivity index (χ0) is 16.7. The van der Waals surface area contributed by atoms with E-state index in [-0.39, 0.29) is 5.91 Å². The van der Waals surface area contributed by atoms with Crippen LogP contribution in [0.25, 0.3) is 0 Å². The Hall–Kier alpha value is -1.30. The SMILES string of the molecule is CN=C(NCCC(=O)N1CCCCC1C)N(C)CC1CCOC1. The number of ether oxygens (including phenoxy) is 1. The van der Waals surface area contributed by atoms with Crippen LogP contribution in [0.4, 0.5) is 0 Å². The number of rotatable bonds is 5. The fraction of sp³-hybridized carbons (Fsp3) is 0.882. The fourth-order valence-electron chi connectivity index (χ4n) is 3.48. The summed E-state index contributed by atoms with van der Waals surface area (Å²) >= 11 is 0.